The molecule has 23 heavy (non-hydrogen) atoms. The molecule has 124 valence electrons. The van der Waals surface area contributed by atoms with E-state index in [1.54, 1.807) is 17.0 Å². The van der Waals surface area contributed by atoms with Crippen LogP contribution < -0.4 is 0 Å². The lowest BCUT2D eigenvalue weighted by molar-refractivity contribution is -0.172. The van der Waals surface area contributed by atoms with Gasteiger partial charge in [-0.2, -0.15) is 0 Å². The molecule has 6 nitrogen and oxygen atoms in total. The lowest BCUT2D eigenvalue weighted by Gasteiger charge is -2.29. The molecule has 1 fully saturated rings. The number of carbonyl (C=O) groups is 1. The standard InChI is InChI=1S/C16H20ClN3O3/c1-16(11-14(21)20-7-9-22-10-8-20)18-15(19(2)23-16)12-5-3-4-6-13(12)17/h3-6H,7-11H2,1-2H3. The van der Waals surface area contributed by atoms with Crippen molar-refractivity contribution in [1.29, 1.82) is 0 Å². The quantitative estimate of drug-likeness (QED) is 0.845. The van der Waals surface area contributed by atoms with Crippen LogP contribution >= 0.6 is 11.6 Å². The first-order valence-corrected chi connectivity index (χ1v) is 7.99. The molecule has 0 aromatic heterocycles. The largest absolute Gasteiger partial charge is 0.378 e. The third kappa shape index (κ3) is 3.49. The Kier molecular flexibility index (Phi) is 4.57. The summed E-state index contributed by atoms with van der Waals surface area (Å²) in [6, 6.07) is 7.45. The highest BCUT2D eigenvalue weighted by Gasteiger charge is 2.39. The molecule has 2 heterocycles. The average molecular weight is 338 g/mol. The number of rotatable bonds is 3. The molecule has 1 unspecified atom stereocenters. The number of hydrogen-bond donors (Lipinski definition) is 0. The topological polar surface area (TPSA) is 54.4 Å². The molecular formula is C16H20ClN3O3. The number of amidine groups is 1. The number of benzene rings is 1. The maximum Gasteiger partial charge on any atom is 0.227 e. The van der Waals surface area contributed by atoms with Crippen molar-refractivity contribution in [2.75, 3.05) is 33.4 Å². The zero-order valence-corrected chi connectivity index (χ0v) is 14.0. The maximum absolute atomic E-state index is 12.5. The van der Waals surface area contributed by atoms with Crippen molar-refractivity contribution >= 4 is 23.3 Å². The van der Waals surface area contributed by atoms with Gasteiger partial charge in [0.15, 0.2) is 11.6 Å². The third-order valence-electron chi connectivity index (χ3n) is 3.93. The van der Waals surface area contributed by atoms with E-state index in [1.807, 2.05) is 31.2 Å². The highest BCUT2D eigenvalue weighted by molar-refractivity contribution is 6.34. The molecule has 3 rings (SSSR count). The van der Waals surface area contributed by atoms with Crippen LogP contribution in [0.4, 0.5) is 0 Å². The molecular weight excluding hydrogens is 318 g/mol. The van der Waals surface area contributed by atoms with Crippen LogP contribution in [-0.2, 0) is 14.4 Å². The molecule has 1 atom stereocenters. The van der Waals surface area contributed by atoms with Gasteiger partial charge in [0, 0.05) is 25.7 Å². The molecule has 7 heteroatoms. The van der Waals surface area contributed by atoms with E-state index < -0.39 is 5.72 Å². The summed E-state index contributed by atoms with van der Waals surface area (Å²) in [6.45, 7) is 4.21. The molecule has 0 bridgehead atoms. The van der Waals surface area contributed by atoms with E-state index in [2.05, 4.69) is 4.99 Å². The first-order chi connectivity index (χ1) is 11.0. The fourth-order valence-corrected chi connectivity index (χ4v) is 3.02. The van der Waals surface area contributed by atoms with Crippen molar-refractivity contribution in [2.24, 2.45) is 4.99 Å². The van der Waals surface area contributed by atoms with Gasteiger partial charge in [-0.15, -0.1) is 0 Å². The lowest BCUT2D eigenvalue weighted by atomic mass is 10.1. The predicted octanol–water partition coefficient (Wildman–Crippen LogP) is 1.93. The molecule has 0 saturated carbocycles. The van der Waals surface area contributed by atoms with E-state index in [1.165, 1.54) is 0 Å². The van der Waals surface area contributed by atoms with E-state index in [-0.39, 0.29) is 12.3 Å². The normalized spacial score (nSPS) is 24.7. The van der Waals surface area contributed by atoms with Crippen LogP contribution in [0.3, 0.4) is 0 Å². The van der Waals surface area contributed by atoms with Gasteiger partial charge in [-0.25, -0.2) is 14.9 Å². The average Bonchev–Trinajstić information content (AvgIpc) is 2.83. The Hall–Kier alpha value is -1.63. The number of carbonyl (C=O) groups excluding carboxylic acids is 1. The van der Waals surface area contributed by atoms with Crippen LogP contribution in [0.25, 0.3) is 0 Å². The van der Waals surface area contributed by atoms with Crippen LogP contribution in [0.5, 0.6) is 0 Å². The Bertz CT molecular complexity index is 631. The Morgan fingerprint density at radius 2 is 2.04 bits per heavy atom. The van der Waals surface area contributed by atoms with Crippen LogP contribution in [-0.4, -0.2) is 60.8 Å². The summed E-state index contributed by atoms with van der Waals surface area (Å²) in [5, 5.41) is 2.18. The third-order valence-corrected chi connectivity index (χ3v) is 4.26. The van der Waals surface area contributed by atoms with Crippen LogP contribution in [0.15, 0.2) is 29.3 Å². The van der Waals surface area contributed by atoms with Gasteiger partial charge in [-0.1, -0.05) is 23.7 Å². The highest BCUT2D eigenvalue weighted by Crippen LogP contribution is 2.30. The first-order valence-electron chi connectivity index (χ1n) is 7.62. The number of amides is 1. The monoisotopic (exact) mass is 337 g/mol. The van der Waals surface area contributed by atoms with Crippen molar-refractivity contribution < 1.29 is 14.4 Å². The second-order valence-electron chi connectivity index (χ2n) is 5.85. The Morgan fingerprint density at radius 3 is 2.74 bits per heavy atom. The second kappa shape index (κ2) is 6.47. The molecule has 0 spiro atoms. The predicted molar refractivity (Wildman–Crippen MR) is 87.3 cm³/mol. The number of ether oxygens (including phenoxy) is 1. The van der Waals surface area contributed by atoms with Gasteiger partial charge in [-0.3, -0.25) is 4.79 Å². The van der Waals surface area contributed by atoms with Crippen molar-refractivity contribution in [1.82, 2.24) is 9.96 Å². The molecule has 2 aliphatic heterocycles. The van der Waals surface area contributed by atoms with Gasteiger partial charge < -0.3 is 9.64 Å². The first kappa shape index (κ1) is 16.2. The van der Waals surface area contributed by atoms with E-state index in [0.29, 0.717) is 37.2 Å². The summed E-state index contributed by atoms with van der Waals surface area (Å²) < 4.78 is 5.27. The molecule has 1 aromatic rings. The van der Waals surface area contributed by atoms with E-state index in [9.17, 15) is 4.79 Å². The van der Waals surface area contributed by atoms with Gasteiger partial charge in [0.05, 0.1) is 24.7 Å². The van der Waals surface area contributed by atoms with Crippen LogP contribution in [0, 0.1) is 0 Å². The molecule has 0 aliphatic carbocycles. The summed E-state index contributed by atoms with van der Waals surface area (Å²) in [7, 11) is 1.77. The van der Waals surface area contributed by atoms with Crippen molar-refractivity contribution in [3.63, 3.8) is 0 Å². The van der Waals surface area contributed by atoms with Crippen molar-refractivity contribution in [3.8, 4) is 0 Å². The Morgan fingerprint density at radius 1 is 1.35 bits per heavy atom. The van der Waals surface area contributed by atoms with Gasteiger partial charge >= 0.3 is 0 Å². The number of morpholine rings is 1. The van der Waals surface area contributed by atoms with Crippen LogP contribution in [0.1, 0.15) is 18.9 Å². The minimum Gasteiger partial charge on any atom is -0.378 e. The summed E-state index contributed by atoms with van der Waals surface area (Å²) in [4.78, 5) is 24.7. The lowest BCUT2D eigenvalue weighted by Crippen LogP contribution is -2.44. The maximum atomic E-state index is 12.5. The fourth-order valence-electron chi connectivity index (χ4n) is 2.80. The minimum atomic E-state index is -0.918. The zero-order chi connectivity index (χ0) is 16.4. The van der Waals surface area contributed by atoms with E-state index in [4.69, 9.17) is 21.2 Å². The molecule has 1 saturated heterocycles. The summed E-state index contributed by atoms with van der Waals surface area (Å²) in [6.07, 6.45) is 0.186. The van der Waals surface area contributed by atoms with E-state index >= 15 is 0 Å². The van der Waals surface area contributed by atoms with E-state index in [0.717, 1.165) is 5.56 Å². The number of hydroxylamine groups is 2. The highest BCUT2D eigenvalue weighted by atomic mass is 35.5. The number of hydrogen-bond acceptors (Lipinski definition) is 5. The molecule has 1 amide bonds. The molecule has 0 N–H and O–H groups in total. The smallest absolute Gasteiger partial charge is 0.227 e. The van der Waals surface area contributed by atoms with Gasteiger partial charge in [0.1, 0.15) is 0 Å². The molecule has 2 aliphatic rings. The Labute approximate surface area is 140 Å². The van der Waals surface area contributed by atoms with Gasteiger partial charge in [-0.05, 0) is 19.1 Å². The SMILES string of the molecule is CN1OC(C)(CC(=O)N2CCOCC2)N=C1c1ccccc1Cl. The number of halogens is 1. The number of aliphatic imine (C=N–C) groups is 1. The van der Waals surface area contributed by atoms with Crippen molar-refractivity contribution in [2.45, 2.75) is 19.1 Å². The van der Waals surface area contributed by atoms with Crippen LogP contribution in [0.2, 0.25) is 5.02 Å². The minimum absolute atomic E-state index is 0.0216. The van der Waals surface area contributed by atoms with Gasteiger partial charge in [0.25, 0.3) is 0 Å². The molecule has 0 radical (unpaired) electrons. The zero-order valence-electron chi connectivity index (χ0n) is 13.3. The fraction of sp³-hybridized carbons (Fsp3) is 0.500. The summed E-state index contributed by atoms with van der Waals surface area (Å²) in [5.74, 6) is 0.654. The second-order valence-corrected chi connectivity index (χ2v) is 6.26. The summed E-state index contributed by atoms with van der Waals surface area (Å²) >= 11 is 6.24. The van der Waals surface area contributed by atoms with Crippen molar-refractivity contribution in [3.05, 3.63) is 34.9 Å². The molecule has 1 aromatic carbocycles. The Balaban J connectivity index is 1.77. The summed E-state index contributed by atoms with van der Waals surface area (Å²) in [5.41, 5.74) is -0.127. The van der Waals surface area contributed by atoms with Gasteiger partial charge in [0.2, 0.25) is 5.91 Å². The number of nitrogens with zero attached hydrogens (tertiary/aromatic N) is 3.